The topological polar surface area (TPSA) is 48.9 Å². The van der Waals surface area contributed by atoms with Crippen LogP contribution in [0.3, 0.4) is 0 Å². The smallest absolute Gasteiger partial charge is 0.302 e. The molecule has 2 aliphatic rings. The fraction of sp³-hybridized carbons (Fsp3) is 0.278. The van der Waals surface area contributed by atoms with Crippen LogP contribution < -0.4 is 11.0 Å². The number of hydrogen-bond donors (Lipinski definition) is 1. The highest BCUT2D eigenvalue weighted by molar-refractivity contribution is 5.82. The fourth-order valence-electron chi connectivity index (χ4n) is 3.76. The van der Waals surface area contributed by atoms with E-state index in [1.54, 1.807) is 0 Å². The summed E-state index contributed by atoms with van der Waals surface area (Å²) in [5, 5.41) is 3.46. The monoisotopic (exact) mass is 291 g/mol. The summed E-state index contributed by atoms with van der Waals surface area (Å²) in [6.07, 6.45) is 0.884. The Morgan fingerprint density at radius 2 is 1.95 bits per heavy atom. The van der Waals surface area contributed by atoms with Crippen molar-refractivity contribution in [2.45, 2.75) is 31.6 Å². The van der Waals surface area contributed by atoms with Crippen LogP contribution in [-0.4, -0.2) is 15.2 Å². The molecular formula is C18H17N3O. The first-order chi connectivity index (χ1) is 10.8. The van der Waals surface area contributed by atoms with E-state index >= 15 is 0 Å². The Bertz CT molecular complexity index is 923. The molecule has 0 amide bonds. The number of rotatable bonds is 3. The van der Waals surface area contributed by atoms with E-state index < -0.39 is 0 Å². The van der Waals surface area contributed by atoms with Crippen molar-refractivity contribution >= 4 is 11.0 Å². The van der Waals surface area contributed by atoms with E-state index in [9.17, 15) is 4.79 Å². The molecular weight excluding hydrogens is 274 g/mol. The van der Waals surface area contributed by atoms with Crippen LogP contribution in [0.4, 0.5) is 0 Å². The van der Waals surface area contributed by atoms with Crippen LogP contribution in [0.25, 0.3) is 11.0 Å². The van der Waals surface area contributed by atoms with Crippen molar-refractivity contribution in [3.8, 4) is 0 Å². The Morgan fingerprint density at radius 1 is 1.09 bits per heavy atom. The highest BCUT2D eigenvalue weighted by Crippen LogP contribution is 2.39. The lowest BCUT2D eigenvalue weighted by molar-refractivity contribution is 0.604. The van der Waals surface area contributed by atoms with Crippen LogP contribution in [0.5, 0.6) is 0 Å². The van der Waals surface area contributed by atoms with Gasteiger partial charge in [0.2, 0.25) is 0 Å². The van der Waals surface area contributed by atoms with Crippen LogP contribution >= 0.6 is 0 Å². The van der Waals surface area contributed by atoms with Gasteiger partial charge in [0.15, 0.2) is 0 Å². The van der Waals surface area contributed by atoms with Crippen molar-refractivity contribution in [2.75, 3.05) is 0 Å². The lowest BCUT2D eigenvalue weighted by Gasteiger charge is -2.10. The van der Waals surface area contributed by atoms with Gasteiger partial charge in [-0.15, -0.1) is 0 Å². The summed E-state index contributed by atoms with van der Waals surface area (Å²) in [5.41, 5.74) is 4.89. The zero-order chi connectivity index (χ0) is 14.7. The number of nitrogens with one attached hydrogen (secondary N) is 1. The van der Waals surface area contributed by atoms with Gasteiger partial charge in [0.1, 0.15) is 0 Å². The van der Waals surface area contributed by atoms with Gasteiger partial charge in [-0.2, -0.15) is 0 Å². The minimum Gasteiger partial charge on any atom is -0.302 e. The minimum atomic E-state index is 0.130. The van der Waals surface area contributed by atoms with Gasteiger partial charge in [-0.3, -0.25) is 9.13 Å². The van der Waals surface area contributed by atoms with Crippen molar-refractivity contribution in [1.82, 2.24) is 14.5 Å². The number of hydrogen-bond acceptors (Lipinski definition) is 2. The van der Waals surface area contributed by atoms with E-state index in [1.165, 1.54) is 11.1 Å². The van der Waals surface area contributed by atoms with Crippen LogP contribution in [0.15, 0.2) is 53.3 Å². The zero-order valence-corrected chi connectivity index (χ0v) is 12.2. The molecule has 22 heavy (non-hydrogen) atoms. The first kappa shape index (κ1) is 12.2. The molecule has 4 nitrogen and oxygen atoms in total. The van der Waals surface area contributed by atoms with E-state index in [1.807, 2.05) is 27.3 Å². The quantitative estimate of drug-likeness (QED) is 0.751. The number of benzene rings is 2. The van der Waals surface area contributed by atoms with Crippen LogP contribution in [0.2, 0.25) is 0 Å². The molecule has 3 heterocycles. The normalized spacial score (nSPS) is 21.8. The van der Waals surface area contributed by atoms with Crippen molar-refractivity contribution in [3.05, 3.63) is 70.1 Å². The Hall–Kier alpha value is -2.33. The third-order valence-electron chi connectivity index (χ3n) is 4.94. The molecule has 2 aromatic carbocycles. The Kier molecular flexibility index (Phi) is 2.41. The molecule has 1 saturated heterocycles. The van der Waals surface area contributed by atoms with E-state index in [2.05, 4.69) is 35.6 Å². The molecule has 0 spiro atoms. The predicted molar refractivity (Wildman–Crippen MR) is 86.0 cm³/mol. The summed E-state index contributed by atoms with van der Waals surface area (Å²) in [6, 6.07) is 17.5. The second-order valence-corrected chi connectivity index (χ2v) is 6.25. The number of aromatic nitrogens is 2. The summed E-state index contributed by atoms with van der Waals surface area (Å²) in [5.74, 6) is 0. The molecule has 0 saturated carbocycles. The molecule has 4 heteroatoms. The Morgan fingerprint density at radius 3 is 2.82 bits per heavy atom. The third kappa shape index (κ3) is 1.64. The van der Waals surface area contributed by atoms with Gasteiger partial charge >= 0.3 is 5.69 Å². The van der Waals surface area contributed by atoms with Crippen LogP contribution in [0.1, 0.15) is 17.2 Å². The van der Waals surface area contributed by atoms with Gasteiger partial charge in [0.25, 0.3) is 0 Å². The summed E-state index contributed by atoms with van der Waals surface area (Å²) in [7, 11) is 0. The summed E-state index contributed by atoms with van der Waals surface area (Å²) in [4.78, 5) is 12.8. The molecule has 0 unspecified atom stereocenters. The Balaban J connectivity index is 1.61. The van der Waals surface area contributed by atoms with Gasteiger partial charge in [-0.1, -0.05) is 42.5 Å². The van der Waals surface area contributed by atoms with Crippen molar-refractivity contribution in [1.29, 1.82) is 0 Å². The number of nitrogens with zero attached hydrogens (tertiary/aromatic N) is 2. The van der Waals surface area contributed by atoms with Gasteiger partial charge in [-0.25, -0.2) is 4.79 Å². The average molecular weight is 291 g/mol. The number of aryl methyl sites for hydroxylation is 2. The van der Waals surface area contributed by atoms with Crippen molar-refractivity contribution in [3.63, 3.8) is 0 Å². The SMILES string of the molecule is O=c1n(CCc2ccccc2)c2cccc3c2n1C[C@@H]1N[C@H]31. The van der Waals surface area contributed by atoms with Gasteiger partial charge in [0.05, 0.1) is 17.1 Å². The van der Waals surface area contributed by atoms with Gasteiger partial charge in [-0.05, 0) is 23.6 Å². The Labute approximate surface area is 128 Å². The molecule has 0 radical (unpaired) electrons. The molecule has 3 aromatic rings. The van der Waals surface area contributed by atoms with Crippen molar-refractivity contribution < 1.29 is 0 Å². The first-order valence-corrected chi connectivity index (χ1v) is 7.85. The van der Waals surface area contributed by atoms with Crippen LogP contribution in [0, 0.1) is 0 Å². The van der Waals surface area contributed by atoms with E-state index in [0.29, 0.717) is 12.1 Å². The molecule has 0 aliphatic carbocycles. The minimum absolute atomic E-state index is 0.130. The molecule has 2 atom stereocenters. The number of fused-ring (bicyclic) bond motifs is 2. The van der Waals surface area contributed by atoms with E-state index in [0.717, 1.165) is 30.5 Å². The molecule has 5 rings (SSSR count). The van der Waals surface area contributed by atoms with E-state index in [-0.39, 0.29) is 5.69 Å². The number of para-hydroxylation sites is 1. The molecule has 0 bridgehead atoms. The second kappa shape index (κ2) is 4.34. The standard InChI is InChI=1S/C18H17N3O/c22-18-20(10-9-12-5-2-1-3-6-12)15-8-4-7-13-16-14(19-16)11-21(18)17(13)15/h1-8,14,16,19H,9-11H2/t14-,16+/m0/s1. The first-order valence-electron chi connectivity index (χ1n) is 7.85. The lowest BCUT2D eigenvalue weighted by atomic mass is 10.0. The molecule has 1 fully saturated rings. The molecule has 1 aromatic heterocycles. The summed E-state index contributed by atoms with van der Waals surface area (Å²) in [6.45, 7) is 1.54. The van der Waals surface area contributed by atoms with E-state index in [4.69, 9.17) is 0 Å². The maximum absolute atomic E-state index is 12.8. The van der Waals surface area contributed by atoms with Crippen molar-refractivity contribution in [2.24, 2.45) is 0 Å². The highest BCUT2D eigenvalue weighted by atomic mass is 16.1. The maximum Gasteiger partial charge on any atom is 0.329 e. The number of imidazole rings is 1. The molecule has 1 N–H and O–H groups in total. The zero-order valence-electron chi connectivity index (χ0n) is 12.2. The summed E-state index contributed by atoms with van der Waals surface area (Å²) < 4.78 is 3.90. The maximum atomic E-state index is 12.8. The molecule has 110 valence electrons. The highest BCUT2D eigenvalue weighted by Gasteiger charge is 2.43. The van der Waals surface area contributed by atoms with Gasteiger partial charge < -0.3 is 5.32 Å². The summed E-state index contributed by atoms with van der Waals surface area (Å²) >= 11 is 0. The predicted octanol–water partition coefficient (Wildman–Crippen LogP) is 2.07. The van der Waals surface area contributed by atoms with Crippen LogP contribution in [-0.2, 0) is 19.5 Å². The van der Waals surface area contributed by atoms with Gasteiger partial charge in [0, 0.05) is 19.1 Å². The average Bonchev–Trinajstić information content (AvgIpc) is 3.29. The lowest BCUT2D eigenvalue weighted by Crippen LogP contribution is -2.28. The fourth-order valence-corrected chi connectivity index (χ4v) is 3.76. The third-order valence-corrected chi connectivity index (χ3v) is 4.94. The second-order valence-electron chi connectivity index (χ2n) is 6.25. The largest absolute Gasteiger partial charge is 0.329 e. The molecule has 2 aliphatic heterocycles.